The first-order valence-electron chi connectivity index (χ1n) is 5.44. The van der Waals surface area contributed by atoms with Gasteiger partial charge in [0.25, 0.3) is 0 Å². The molecule has 0 radical (unpaired) electrons. The largest absolute Gasteiger partial charge is 0.418 e. The topological polar surface area (TPSA) is 21.3 Å². The number of benzene rings is 1. The molecule has 1 rings (SSSR count). The first kappa shape index (κ1) is 15.1. The van der Waals surface area contributed by atoms with Gasteiger partial charge in [0.1, 0.15) is 0 Å². The highest BCUT2D eigenvalue weighted by Gasteiger charge is 2.34. The van der Waals surface area contributed by atoms with Gasteiger partial charge in [-0.1, -0.05) is 24.6 Å². The van der Waals surface area contributed by atoms with Crippen molar-refractivity contribution in [3.8, 4) is 0 Å². The van der Waals surface area contributed by atoms with Crippen LogP contribution in [0.2, 0.25) is 5.02 Å². The third-order valence-electron chi connectivity index (χ3n) is 2.40. The quantitative estimate of drug-likeness (QED) is 0.879. The summed E-state index contributed by atoms with van der Waals surface area (Å²) < 4.78 is 43.3. The second-order valence-corrected chi connectivity index (χ2v) is 4.51. The summed E-state index contributed by atoms with van der Waals surface area (Å²) in [5, 5.41) is 2.81. The Hall–Kier alpha value is -0.940. The van der Waals surface area contributed by atoms with Gasteiger partial charge < -0.3 is 10.1 Å². The summed E-state index contributed by atoms with van der Waals surface area (Å²) in [4.78, 5) is 0. The molecule has 2 nitrogen and oxygen atoms in total. The van der Waals surface area contributed by atoms with Crippen molar-refractivity contribution in [2.75, 3.05) is 25.6 Å². The van der Waals surface area contributed by atoms with Crippen LogP contribution >= 0.6 is 11.6 Å². The van der Waals surface area contributed by atoms with E-state index in [1.54, 1.807) is 7.11 Å². The summed E-state index contributed by atoms with van der Waals surface area (Å²) in [6, 6.07) is 3.73. The molecule has 0 amide bonds. The summed E-state index contributed by atoms with van der Waals surface area (Å²) in [6.45, 7) is 2.71. The number of rotatable bonds is 5. The van der Waals surface area contributed by atoms with Gasteiger partial charge in [0.05, 0.1) is 22.9 Å². The summed E-state index contributed by atoms with van der Waals surface area (Å²) in [5.41, 5.74) is -0.825. The molecule has 0 aromatic heterocycles. The zero-order chi connectivity index (χ0) is 13.8. The lowest BCUT2D eigenvalue weighted by molar-refractivity contribution is -0.136. The average molecular weight is 282 g/mol. The van der Waals surface area contributed by atoms with Crippen molar-refractivity contribution >= 4 is 17.3 Å². The molecule has 0 saturated heterocycles. The second kappa shape index (κ2) is 6.29. The van der Waals surface area contributed by atoms with Gasteiger partial charge in [-0.2, -0.15) is 13.2 Å². The molecule has 0 heterocycles. The molecule has 1 N–H and O–H groups in total. The van der Waals surface area contributed by atoms with Crippen LogP contribution in [0.25, 0.3) is 0 Å². The highest BCUT2D eigenvalue weighted by atomic mass is 35.5. The fourth-order valence-corrected chi connectivity index (χ4v) is 1.80. The van der Waals surface area contributed by atoms with Crippen LogP contribution in [0.3, 0.4) is 0 Å². The van der Waals surface area contributed by atoms with Gasteiger partial charge >= 0.3 is 6.18 Å². The number of para-hydroxylation sites is 1. The van der Waals surface area contributed by atoms with Gasteiger partial charge in [-0.25, -0.2) is 0 Å². The Bertz CT molecular complexity index is 395. The number of hydrogen-bond acceptors (Lipinski definition) is 2. The van der Waals surface area contributed by atoms with Crippen molar-refractivity contribution in [2.24, 2.45) is 5.92 Å². The SMILES string of the molecule is COCC(C)CNc1c(Cl)cccc1C(F)(F)F. The first-order chi connectivity index (χ1) is 8.36. The molecule has 1 atom stereocenters. The molecule has 0 saturated carbocycles. The Morgan fingerprint density at radius 2 is 2.06 bits per heavy atom. The lowest BCUT2D eigenvalue weighted by Crippen LogP contribution is -2.18. The molecule has 1 unspecified atom stereocenters. The van der Waals surface area contributed by atoms with Crippen LogP contribution in [0.5, 0.6) is 0 Å². The van der Waals surface area contributed by atoms with Gasteiger partial charge in [-0.05, 0) is 18.1 Å². The number of ether oxygens (including phenoxy) is 1. The van der Waals surface area contributed by atoms with Crippen LogP contribution < -0.4 is 5.32 Å². The standard InChI is InChI=1S/C12H15ClF3NO/c1-8(7-18-2)6-17-11-9(12(14,15)16)4-3-5-10(11)13/h3-5,8,17H,6-7H2,1-2H3. The Morgan fingerprint density at radius 1 is 1.39 bits per heavy atom. The molecular weight excluding hydrogens is 267 g/mol. The van der Waals surface area contributed by atoms with E-state index in [9.17, 15) is 13.2 Å². The third-order valence-corrected chi connectivity index (χ3v) is 2.71. The van der Waals surface area contributed by atoms with E-state index < -0.39 is 11.7 Å². The maximum absolute atomic E-state index is 12.8. The monoisotopic (exact) mass is 281 g/mol. The number of hydrogen-bond donors (Lipinski definition) is 1. The normalized spacial score (nSPS) is 13.4. The summed E-state index contributed by atoms with van der Waals surface area (Å²) in [6.07, 6.45) is -4.42. The van der Waals surface area contributed by atoms with Crippen LogP contribution in [0.15, 0.2) is 18.2 Å². The molecule has 1 aromatic carbocycles. The Morgan fingerprint density at radius 3 is 2.61 bits per heavy atom. The van der Waals surface area contributed by atoms with Gasteiger partial charge in [0.15, 0.2) is 0 Å². The molecule has 0 aliphatic heterocycles. The molecular formula is C12H15ClF3NO. The highest BCUT2D eigenvalue weighted by Crippen LogP contribution is 2.38. The van der Waals surface area contributed by atoms with Crippen LogP contribution in [0.1, 0.15) is 12.5 Å². The highest BCUT2D eigenvalue weighted by molar-refractivity contribution is 6.33. The zero-order valence-electron chi connectivity index (χ0n) is 10.1. The van der Waals surface area contributed by atoms with E-state index in [1.165, 1.54) is 12.1 Å². The molecule has 0 aliphatic rings. The van der Waals surface area contributed by atoms with Crippen molar-refractivity contribution in [3.63, 3.8) is 0 Å². The minimum atomic E-state index is -4.42. The van der Waals surface area contributed by atoms with Gasteiger partial charge in [0, 0.05) is 13.7 Å². The van der Waals surface area contributed by atoms with E-state index in [1.807, 2.05) is 6.92 Å². The molecule has 0 bridgehead atoms. The maximum Gasteiger partial charge on any atom is 0.418 e. The van der Waals surface area contributed by atoms with E-state index in [-0.39, 0.29) is 16.6 Å². The lowest BCUT2D eigenvalue weighted by atomic mass is 10.1. The minimum Gasteiger partial charge on any atom is -0.384 e. The fraction of sp³-hybridized carbons (Fsp3) is 0.500. The second-order valence-electron chi connectivity index (χ2n) is 4.10. The van der Waals surface area contributed by atoms with E-state index >= 15 is 0 Å². The molecule has 6 heteroatoms. The minimum absolute atomic E-state index is 0.0643. The van der Waals surface area contributed by atoms with Crippen LogP contribution in [0.4, 0.5) is 18.9 Å². The molecule has 1 aromatic rings. The maximum atomic E-state index is 12.8. The van der Waals surface area contributed by atoms with Crippen LogP contribution in [-0.2, 0) is 10.9 Å². The van der Waals surface area contributed by atoms with Crippen LogP contribution in [0, 0.1) is 5.92 Å². The zero-order valence-corrected chi connectivity index (χ0v) is 10.9. The number of methoxy groups -OCH3 is 1. The Balaban J connectivity index is 2.87. The van der Waals surface area contributed by atoms with Gasteiger partial charge in [-0.15, -0.1) is 0 Å². The molecule has 0 fully saturated rings. The summed E-state index contributed by atoms with van der Waals surface area (Å²) in [5.74, 6) is 0.0901. The lowest BCUT2D eigenvalue weighted by Gasteiger charge is -2.18. The van der Waals surface area contributed by atoms with Crippen molar-refractivity contribution in [2.45, 2.75) is 13.1 Å². The fourth-order valence-electron chi connectivity index (χ4n) is 1.56. The van der Waals surface area contributed by atoms with Crippen molar-refractivity contribution in [1.29, 1.82) is 0 Å². The number of anilines is 1. The van der Waals surface area contributed by atoms with Crippen molar-refractivity contribution < 1.29 is 17.9 Å². The average Bonchev–Trinajstić information content (AvgIpc) is 2.26. The Labute approximate surface area is 109 Å². The van der Waals surface area contributed by atoms with E-state index in [0.717, 1.165) is 6.07 Å². The van der Waals surface area contributed by atoms with Gasteiger partial charge in [-0.3, -0.25) is 0 Å². The molecule has 0 aliphatic carbocycles. The number of nitrogens with one attached hydrogen (secondary N) is 1. The molecule has 18 heavy (non-hydrogen) atoms. The van der Waals surface area contributed by atoms with E-state index in [2.05, 4.69) is 5.32 Å². The molecule has 0 spiro atoms. The molecule has 102 valence electrons. The predicted octanol–water partition coefficient (Wildman–Crippen LogP) is 4.05. The van der Waals surface area contributed by atoms with E-state index in [0.29, 0.717) is 13.2 Å². The summed E-state index contributed by atoms with van der Waals surface area (Å²) >= 11 is 5.80. The Kier molecular flexibility index (Phi) is 5.28. The van der Waals surface area contributed by atoms with E-state index in [4.69, 9.17) is 16.3 Å². The van der Waals surface area contributed by atoms with Crippen LogP contribution in [-0.4, -0.2) is 20.3 Å². The van der Waals surface area contributed by atoms with Gasteiger partial charge in [0.2, 0.25) is 0 Å². The predicted molar refractivity (Wildman–Crippen MR) is 66.0 cm³/mol. The number of halogens is 4. The van der Waals surface area contributed by atoms with Crippen molar-refractivity contribution in [3.05, 3.63) is 28.8 Å². The number of alkyl halides is 3. The van der Waals surface area contributed by atoms with Crippen molar-refractivity contribution in [1.82, 2.24) is 0 Å². The summed E-state index contributed by atoms with van der Waals surface area (Å²) in [7, 11) is 1.55. The third kappa shape index (κ3) is 4.07. The smallest absolute Gasteiger partial charge is 0.384 e. The first-order valence-corrected chi connectivity index (χ1v) is 5.82.